The van der Waals surface area contributed by atoms with Crippen LogP contribution in [0.4, 0.5) is 5.82 Å². The first-order valence-electron chi connectivity index (χ1n) is 6.61. The molecule has 0 aliphatic carbocycles. The number of rotatable bonds is 4. The van der Waals surface area contributed by atoms with Crippen LogP contribution in [-0.4, -0.2) is 15.2 Å². The van der Waals surface area contributed by atoms with Gasteiger partial charge in [-0.05, 0) is 11.1 Å². The van der Waals surface area contributed by atoms with Gasteiger partial charge in [-0.2, -0.15) is 10.1 Å². The van der Waals surface area contributed by atoms with Crippen molar-refractivity contribution in [2.75, 3.05) is 5.32 Å². The van der Waals surface area contributed by atoms with Crippen LogP contribution in [0.1, 0.15) is 17.2 Å². The van der Waals surface area contributed by atoms with E-state index in [1.165, 1.54) is 6.20 Å². The van der Waals surface area contributed by atoms with Crippen LogP contribution >= 0.6 is 0 Å². The van der Waals surface area contributed by atoms with Gasteiger partial charge >= 0.3 is 5.69 Å². The molecule has 21 heavy (non-hydrogen) atoms. The third kappa shape index (κ3) is 3.14. The number of aromatic nitrogens is 3. The molecule has 0 atom stereocenters. The standard InChI is InChI=1S/C16H14N4O/c21-16-19-14(11-17-20-16)18-15(12-7-3-1-4-8-12)13-9-5-2-6-10-13/h1-11,15H,(H2,18,19,20,21). The molecule has 2 aromatic carbocycles. The zero-order valence-corrected chi connectivity index (χ0v) is 11.2. The lowest BCUT2D eigenvalue weighted by atomic mass is 9.99. The topological polar surface area (TPSA) is 70.7 Å². The molecule has 0 radical (unpaired) electrons. The number of hydrogen-bond acceptors (Lipinski definition) is 4. The van der Waals surface area contributed by atoms with E-state index in [9.17, 15) is 4.79 Å². The fourth-order valence-corrected chi connectivity index (χ4v) is 2.18. The van der Waals surface area contributed by atoms with Crippen LogP contribution in [0.15, 0.2) is 71.7 Å². The highest BCUT2D eigenvalue weighted by Gasteiger charge is 2.14. The summed E-state index contributed by atoms with van der Waals surface area (Å²) in [7, 11) is 0. The van der Waals surface area contributed by atoms with Crippen LogP contribution in [0.25, 0.3) is 0 Å². The Morgan fingerprint density at radius 1 is 0.905 bits per heavy atom. The maximum Gasteiger partial charge on any atom is 0.363 e. The Bertz CT molecular complexity index is 716. The third-order valence-electron chi connectivity index (χ3n) is 3.13. The van der Waals surface area contributed by atoms with E-state index in [1.807, 2.05) is 60.7 Å². The summed E-state index contributed by atoms with van der Waals surface area (Å²) in [5, 5.41) is 9.29. The van der Waals surface area contributed by atoms with Crippen molar-refractivity contribution in [2.24, 2.45) is 0 Å². The van der Waals surface area contributed by atoms with Crippen molar-refractivity contribution in [3.8, 4) is 0 Å². The van der Waals surface area contributed by atoms with Gasteiger partial charge < -0.3 is 5.32 Å². The normalized spacial score (nSPS) is 10.5. The molecular weight excluding hydrogens is 264 g/mol. The van der Waals surface area contributed by atoms with Crippen LogP contribution in [0.5, 0.6) is 0 Å². The van der Waals surface area contributed by atoms with Crippen LogP contribution < -0.4 is 11.0 Å². The van der Waals surface area contributed by atoms with E-state index < -0.39 is 5.69 Å². The Hall–Kier alpha value is -2.95. The van der Waals surface area contributed by atoms with Gasteiger partial charge in [0, 0.05) is 0 Å². The average molecular weight is 278 g/mol. The molecule has 104 valence electrons. The average Bonchev–Trinajstić information content (AvgIpc) is 2.54. The van der Waals surface area contributed by atoms with E-state index in [2.05, 4.69) is 20.5 Å². The summed E-state index contributed by atoms with van der Waals surface area (Å²) < 4.78 is 0. The molecule has 1 aromatic heterocycles. The molecule has 0 aliphatic heterocycles. The van der Waals surface area contributed by atoms with E-state index in [1.54, 1.807) is 0 Å². The monoisotopic (exact) mass is 278 g/mol. The Morgan fingerprint density at radius 3 is 2.00 bits per heavy atom. The van der Waals surface area contributed by atoms with Gasteiger partial charge in [0.2, 0.25) is 0 Å². The lowest BCUT2D eigenvalue weighted by Crippen LogP contribution is -2.18. The molecule has 2 N–H and O–H groups in total. The predicted octanol–water partition coefficient (Wildman–Crippen LogP) is 2.37. The summed E-state index contributed by atoms with van der Waals surface area (Å²) in [6.07, 6.45) is 1.50. The van der Waals surface area contributed by atoms with E-state index in [4.69, 9.17) is 0 Å². The molecule has 0 amide bonds. The van der Waals surface area contributed by atoms with E-state index in [0.717, 1.165) is 11.1 Å². The lowest BCUT2D eigenvalue weighted by molar-refractivity contribution is 0.873. The minimum absolute atomic E-state index is 0.0940. The maximum absolute atomic E-state index is 11.3. The number of benzene rings is 2. The molecule has 0 saturated carbocycles. The van der Waals surface area contributed by atoms with Crippen molar-refractivity contribution in [3.63, 3.8) is 0 Å². The summed E-state index contributed by atoms with van der Waals surface area (Å²) in [4.78, 5) is 15.2. The van der Waals surface area contributed by atoms with E-state index in [0.29, 0.717) is 5.82 Å². The highest BCUT2D eigenvalue weighted by atomic mass is 16.1. The molecule has 5 nitrogen and oxygen atoms in total. The molecule has 3 aromatic rings. The van der Waals surface area contributed by atoms with Gasteiger partial charge in [0.05, 0.1) is 12.2 Å². The SMILES string of the molecule is O=c1nc(NC(c2ccccc2)c2ccccc2)cn[nH]1. The van der Waals surface area contributed by atoms with Crippen molar-refractivity contribution in [1.82, 2.24) is 15.2 Å². The molecule has 1 heterocycles. The van der Waals surface area contributed by atoms with E-state index >= 15 is 0 Å². The number of anilines is 1. The number of nitrogens with zero attached hydrogens (tertiary/aromatic N) is 2. The first-order chi connectivity index (χ1) is 10.3. The molecule has 0 aliphatic rings. The van der Waals surface area contributed by atoms with Crippen molar-refractivity contribution in [3.05, 3.63) is 88.5 Å². The second-order valence-electron chi connectivity index (χ2n) is 4.57. The van der Waals surface area contributed by atoms with Gasteiger partial charge in [-0.3, -0.25) is 0 Å². The maximum atomic E-state index is 11.3. The second-order valence-corrected chi connectivity index (χ2v) is 4.57. The first-order valence-corrected chi connectivity index (χ1v) is 6.61. The van der Waals surface area contributed by atoms with Crippen molar-refractivity contribution < 1.29 is 0 Å². The van der Waals surface area contributed by atoms with Gasteiger partial charge in [-0.15, -0.1) is 0 Å². The van der Waals surface area contributed by atoms with Crippen LogP contribution in [-0.2, 0) is 0 Å². The zero-order chi connectivity index (χ0) is 14.5. The molecule has 3 rings (SSSR count). The fourth-order valence-electron chi connectivity index (χ4n) is 2.18. The summed E-state index contributed by atoms with van der Waals surface area (Å²) in [6, 6.07) is 19.9. The van der Waals surface area contributed by atoms with Gasteiger partial charge in [-0.25, -0.2) is 9.89 Å². The zero-order valence-electron chi connectivity index (χ0n) is 11.2. The largest absolute Gasteiger partial charge is 0.363 e. The molecular formula is C16H14N4O. The van der Waals surface area contributed by atoms with Crippen molar-refractivity contribution in [2.45, 2.75) is 6.04 Å². The van der Waals surface area contributed by atoms with Crippen LogP contribution in [0, 0.1) is 0 Å². The van der Waals surface area contributed by atoms with Crippen molar-refractivity contribution in [1.29, 1.82) is 0 Å². The third-order valence-corrected chi connectivity index (χ3v) is 3.13. The molecule has 5 heteroatoms. The molecule has 0 saturated heterocycles. The van der Waals surface area contributed by atoms with Crippen molar-refractivity contribution >= 4 is 5.82 Å². The Balaban J connectivity index is 1.99. The van der Waals surface area contributed by atoms with Gasteiger partial charge in [-0.1, -0.05) is 60.7 Å². The number of H-pyrrole nitrogens is 1. The Morgan fingerprint density at radius 2 is 1.48 bits per heavy atom. The number of hydrogen-bond donors (Lipinski definition) is 2. The van der Waals surface area contributed by atoms with Gasteiger partial charge in [0.1, 0.15) is 0 Å². The lowest BCUT2D eigenvalue weighted by Gasteiger charge is -2.19. The van der Waals surface area contributed by atoms with E-state index in [-0.39, 0.29) is 6.04 Å². The molecule has 0 spiro atoms. The van der Waals surface area contributed by atoms with Crippen LogP contribution in [0.2, 0.25) is 0 Å². The molecule has 0 fully saturated rings. The fraction of sp³-hybridized carbons (Fsp3) is 0.0625. The smallest absolute Gasteiger partial charge is 0.358 e. The predicted molar refractivity (Wildman–Crippen MR) is 81.0 cm³/mol. The Labute approximate surface area is 121 Å². The number of aromatic amines is 1. The highest BCUT2D eigenvalue weighted by molar-refractivity contribution is 5.42. The highest BCUT2D eigenvalue weighted by Crippen LogP contribution is 2.24. The van der Waals surface area contributed by atoms with Gasteiger partial charge in [0.15, 0.2) is 5.82 Å². The summed E-state index contributed by atoms with van der Waals surface area (Å²) in [5.74, 6) is 0.441. The molecule has 0 bridgehead atoms. The second kappa shape index (κ2) is 6.00. The summed E-state index contributed by atoms with van der Waals surface area (Å²) in [6.45, 7) is 0. The summed E-state index contributed by atoms with van der Waals surface area (Å²) >= 11 is 0. The van der Waals surface area contributed by atoms with Crippen LogP contribution in [0.3, 0.4) is 0 Å². The van der Waals surface area contributed by atoms with Gasteiger partial charge in [0.25, 0.3) is 0 Å². The minimum Gasteiger partial charge on any atom is -0.358 e. The first kappa shape index (κ1) is 13.1. The molecule has 0 unspecified atom stereocenters. The quantitative estimate of drug-likeness (QED) is 0.768. The Kier molecular flexibility index (Phi) is 3.73. The minimum atomic E-state index is -0.472. The summed E-state index contributed by atoms with van der Waals surface area (Å²) in [5.41, 5.74) is 1.71. The number of nitrogens with one attached hydrogen (secondary N) is 2.